The molecule has 0 aliphatic carbocycles. The van der Waals surface area contributed by atoms with Gasteiger partial charge in [0.05, 0.1) is 25.9 Å². The van der Waals surface area contributed by atoms with Gasteiger partial charge in [0.1, 0.15) is 17.6 Å². The van der Waals surface area contributed by atoms with Gasteiger partial charge in [0.2, 0.25) is 0 Å². The zero-order chi connectivity index (χ0) is 15.4. The molecule has 0 aliphatic heterocycles. The summed E-state index contributed by atoms with van der Waals surface area (Å²) in [7, 11) is 3.27. The maximum Gasteiger partial charge on any atom is 0.502 e. The number of hydrogen-bond donors (Lipinski definition) is 0. The van der Waals surface area contributed by atoms with Crippen molar-refractivity contribution in [3.63, 3.8) is 0 Å². The lowest BCUT2D eigenvalue weighted by Crippen LogP contribution is -3.00. The fraction of sp³-hybridized carbons (Fsp3) is 0.188. The van der Waals surface area contributed by atoms with E-state index in [1.807, 2.05) is 0 Å². The summed E-state index contributed by atoms with van der Waals surface area (Å²) in [4.78, 5) is 25.3. The highest BCUT2D eigenvalue weighted by Gasteiger charge is 2.22. The van der Waals surface area contributed by atoms with E-state index in [4.69, 9.17) is 4.74 Å². The Hall–Kier alpha value is -2.40. The smallest absolute Gasteiger partial charge is 0.502 e. The highest BCUT2D eigenvalue weighted by Crippen LogP contribution is 2.18. The number of carbonyl (C=O) groups is 2. The van der Waals surface area contributed by atoms with Crippen molar-refractivity contribution in [2.45, 2.75) is 6.92 Å². The van der Waals surface area contributed by atoms with Crippen molar-refractivity contribution in [1.29, 1.82) is 0 Å². The summed E-state index contributed by atoms with van der Waals surface area (Å²) >= 11 is 0. The summed E-state index contributed by atoms with van der Waals surface area (Å²) in [5.41, 5.74) is 1.23. The third-order valence-corrected chi connectivity index (χ3v) is 3.17. The zero-order valence-electron chi connectivity index (χ0n) is 12.6. The average molecular weight is 321 g/mol. The average Bonchev–Trinajstić information content (AvgIpc) is 2.53. The maximum atomic E-state index is 12.4. The van der Waals surface area contributed by atoms with Gasteiger partial charge in [0, 0.05) is 0 Å². The van der Waals surface area contributed by atoms with Crippen LogP contribution in [0.2, 0.25) is 0 Å². The number of methoxy groups -OCH3 is 1. The standard InChI is InChI=1S/C16H17N2O3.ClH/c1-12(19)13-5-4-10-18(11-13)16(20)17(2)14-6-8-15(21-3)9-7-14;/h4-11H,1-3H3;1H/q+1;/p-1. The molecule has 2 rings (SSSR count). The Kier molecular flexibility index (Phi) is 6.07. The fourth-order valence-corrected chi connectivity index (χ4v) is 1.89. The molecule has 0 saturated carbocycles. The topological polar surface area (TPSA) is 50.5 Å². The Bertz CT molecular complexity index is 671. The number of pyridine rings is 1. The van der Waals surface area contributed by atoms with Crippen molar-refractivity contribution in [1.82, 2.24) is 0 Å². The Morgan fingerprint density at radius 3 is 2.32 bits per heavy atom. The molecule has 0 radical (unpaired) electrons. The van der Waals surface area contributed by atoms with Crippen LogP contribution < -0.4 is 26.6 Å². The van der Waals surface area contributed by atoms with Crippen molar-refractivity contribution < 1.29 is 31.3 Å². The van der Waals surface area contributed by atoms with Crippen LogP contribution in [0, 0.1) is 0 Å². The van der Waals surface area contributed by atoms with Crippen LogP contribution in [0.25, 0.3) is 0 Å². The summed E-state index contributed by atoms with van der Waals surface area (Å²) in [6.45, 7) is 1.47. The van der Waals surface area contributed by atoms with Gasteiger partial charge in [-0.3, -0.25) is 4.79 Å². The maximum absolute atomic E-state index is 12.4. The van der Waals surface area contributed by atoms with E-state index in [2.05, 4.69) is 0 Å². The first-order valence-corrected chi connectivity index (χ1v) is 6.47. The number of ketones is 1. The number of hydrogen-bond acceptors (Lipinski definition) is 3. The first-order valence-electron chi connectivity index (χ1n) is 6.47. The number of carbonyl (C=O) groups excluding carboxylic acids is 2. The molecule has 1 aromatic heterocycles. The minimum Gasteiger partial charge on any atom is -1.00 e. The molecule has 116 valence electrons. The lowest BCUT2D eigenvalue weighted by molar-refractivity contribution is -0.569. The van der Waals surface area contributed by atoms with Crippen molar-refractivity contribution in [3.8, 4) is 5.75 Å². The van der Waals surface area contributed by atoms with E-state index in [0.29, 0.717) is 5.56 Å². The highest BCUT2D eigenvalue weighted by molar-refractivity contribution is 5.93. The summed E-state index contributed by atoms with van der Waals surface area (Å²) < 4.78 is 6.48. The number of halogens is 1. The van der Waals surface area contributed by atoms with E-state index in [1.54, 1.807) is 56.8 Å². The van der Waals surface area contributed by atoms with Crippen molar-refractivity contribution in [2.24, 2.45) is 0 Å². The van der Waals surface area contributed by atoms with E-state index < -0.39 is 0 Å². The number of benzene rings is 1. The second kappa shape index (κ2) is 7.56. The molecule has 0 N–H and O–H groups in total. The second-order valence-electron chi connectivity index (χ2n) is 4.60. The molecule has 1 amide bonds. The van der Waals surface area contributed by atoms with Crippen LogP contribution in [-0.2, 0) is 0 Å². The van der Waals surface area contributed by atoms with Gasteiger partial charge in [-0.05, 0) is 43.3 Å². The molecule has 0 aliphatic rings. The van der Waals surface area contributed by atoms with Gasteiger partial charge >= 0.3 is 6.03 Å². The molecule has 6 heteroatoms. The fourth-order valence-electron chi connectivity index (χ4n) is 1.89. The summed E-state index contributed by atoms with van der Waals surface area (Å²) in [5, 5.41) is 0. The van der Waals surface area contributed by atoms with Crippen LogP contribution in [0.1, 0.15) is 17.3 Å². The van der Waals surface area contributed by atoms with Crippen LogP contribution in [-0.4, -0.2) is 26.0 Å². The Morgan fingerprint density at radius 2 is 1.77 bits per heavy atom. The number of anilines is 1. The summed E-state index contributed by atoms with van der Waals surface area (Å²) in [6, 6.07) is 10.3. The predicted octanol–water partition coefficient (Wildman–Crippen LogP) is -0.706. The van der Waals surface area contributed by atoms with Crippen LogP contribution in [0.3, 0.4) is 0 Å². The predicted molar refractivity (Wildman–Crippen MR) is 78.8 cm³/mol. The van der Waals surface area contributed by atoms with Crippen LogP contribution in [0.5, 0.6) is 5.75 Å². The molecule has 1 heterocycles. The second-order valence-corrected chi connectivity index (χ2v) is 4.60. The van der Waals surface area contributed by atoms with Crippen LogP contribution >= 0.6 is 0 Å². The number of rotatable bonds is 3. The van der Waals surface area contributed by atoms with E-state index in [1.165, 1.54) is 22.6 Å². The zero-order valence-corrected chi connectivity index (χ0v) is 13.4. The lowest BCUT2D eigenvalue weighted by Gasteiger charge is -2.10. The van der Waals surface area contributed by atoms with Crippen LogP contribution in [0.4, 0.5) is 10.5 Å². The number of amides is 1. The third kappa shape index (κ3) is 3.83. The number of Topliss-reactive ketones (excluding diaryl/α,β-unsaturated/α-hetero) is 1. The molecule has 0 bridgehead atoms. The molecule has 0 unspecified atom stereocenters. The molecular formula is C16H17ClN2O3. The summed E-state index contributed by atoms with van der Waals surface area (Å²) in [5.74, 6) is 0.648. The molecule has 22 heavy (non-hydrogen) atoms. The minimum atomic E-state index is -0.247. The van der Waals surface area contributed by atoms with Gasteiger partial charge in [-0.15, -0.1) is 0 Å². The number of ether oxygens (including phenoxy) is 1. The van der Waals surface area contributed by atoms with Gasteiger partial charge in [0.15, 0.2) is 5.78 Å². The Labute approximate surface area is 135 Å². The SMILES string of the molecule is COc1ccc(N(C)C(=O)[n+]2cccc(C(C)=O)c2)cc1.[Cl-]. The van der Waals surface area contributed by atoms with Crippen molar-refractivity contribution >= 4 is 17.5 Å². The number of aromatic nitrogens is 1. The van der Waals surface area contributed by atoms with Crippen molar-refractivity contribution in [2.75, 3.05) is 19.1 Å². The first-order chi connectivity index (χ1) is 10.0. The largest absolute Gasteiger partial charge is 1.00 e. The van der Waals surface area contributed by atoms with E-state index >= 15 is 0 Å². The van der Waals surface area contributed by atoms with E-state index in [9.17, 15) is 9.59 Å². The molecular weight excluding hydrogens is 304 g/mol. The van der Waals surface area contributed by atoms with Gasteiger partial charge in [-0.1, -0.05) is 0 Å². The number of nitrogens with zero attached hydrogens (tertiary/aromatic N) is 2. The van der Waals surface area contributed by atoms with Gasteiger partial charge in [-0.25, -0.2) is 0 Å². The van der Waals surface area contributed by atoms with Gasteiger partial charge in [0.25, 0.3) is 0 Å². The van der Waals surface area contributed by atoms with Gasteiger partial charge in [-0.2, -0.15) is 14.3 Å². The first kappa shape index (κ1) is 17.7. The van der Waals surface area contributed by atoms with Crippen molar-refractivity contribution in [3.05, 3.63) is 54.4 Å². The molecule has 5 nitrogen and oxygen atoms in total. The molecule has 0 spiro atoms. The monoisotopic (exact) mass is 320 g/mol. The molecule has 0 fully saturated rings. The molecule has 1 aromatic carbocycles. The molecule has 2 aromatic rings. The van der Waals surface area contributed by atoms with Crippen LogP contribution in [0.15, 0.2) is 48.8 Å². The molecule has 0 saturated heterocycles. The highest BCUT2D eigenvalue weighted by atomic mass is 35.5. The quantitative estimate of drug-likeness (QED) is 0.555. The molecule has 0 atom stereocenters. The van der Waals surface area contributed by atoms with Gasteiger partial charge < -0.3 is 17.1 Å². The van der Waals surface area contributed by atoms with E-state index in [-0.39, 0.29) is 24.2 Å². The summed E-state index contributed by atoms with van der Waals surface area (Å²) in [6.07, 6.45) is 3.15. The normalized spacial score (nSPS) is 9.59. The lowest BCUT2D eigenvalue weighted by atomic mass is 10.2. The Balaban J connectivity index is 0.00000242. The minimum absolute atomic E-state index is 0. The Morgan fingerprint density at radius 1 is 1.14 bits per heavy atom. The van der Waals surface area contributed by atoms with E-state index in [0.717, 1.165) is 11.4 Å². The third-order valence-electron chi connectivity index (χ3n) is 3.17.